The largest absolute Gasteiger partial charge is 0.489 e. The van der Waals surface area contributed by atoms with E-state index in [0.29, 0.717) is 18.9 Å². The summed E-state index contributed by atoms with van der Waals surface area (Å²) in [6.45, 7) is 0.535. The first-order valence-corrected chi connectivity index (χ1v) is 9.47. The van der Waals surface area contributed by atoms with Crippen molar-refractivity contribution in [2.24, 2.45) is 11.0 Å². The van der Waals surface area contributed by atoms with E-state index >= 15 is 0 Å². The van der Waals surface area contributed by atoms with Gasteiger partial charge in [-0.05, 0) is 48.6 Å². The Hall–Kier alpha value is -2.62. The molecular formula is C22H24N2O2. The zero-order chi connectivity index (χ0) is 17.8. The third-order valence-electron chi connectivity index (χ3n) is 5.20. The molecule has 1 amide bonds. The molecule has 0 spiro atoms. The Morgan fingerprint density at radius 1 is 0.962 bits per heavy atom. The lowest BCUT2D eigenvalue weighted by Crippen LogP contribution is -2.19. The smallest absolute Gasteiger partial charge is 0.253 e. The standard InChI is InChI=1S/C22H24N2O2/c25-22-15-21(18-9-5-2-6-10-18)23-24(22)19-11-13-20(14-12-19)26-16-17-7-3-1-4-8-17/h1,3-4,7-8,11-14,18H,2,5-6,9-10,15-16H2. The topological polar surface area (TPSA) is 41.9 Å². The minimum Gasteiger partial charge on any atom is -0.489 e. The van der Waals surface area contributed by atoms with Crippen molar-refractivity contribution in [3.8, 4) is 5.75 Å². The summed E-state index contributed by atoms with van der Waals surface area (Å²) in [5.74, 6) is 1.36. The maximum Gasteiger partial charge on any atom is 0.253 e. The number of carbonyl (C=O) groups excluding carboxylic acids is 1. The molecule has 2 aromatic rings. The molecule has 1 aliphatic heterocycles. The number of rotatable bonds is 5. The van der Waals surface area contributed by atoms with E-state index in [1.54, 1.807) is 5.01 Å². The number of hydrazone groups is 1. The predicted octanol–water partition coefficient (Wildman–Crippen LogP) is 4.94. The lowest BCUT2D eigenvalue weighted by atomic mass is 9.85. The van der Waals surface area contributed by atoms with Crippen LogP contribution in [0.3, 0.4) is 0 Å². The van der Waals surface area contributed by atoms with Gasteiger partial charge in [-0.15, -0.1) is 0 Å². The highest BCUT2D eigenvalue weighted by molar-refractivity contribution is 6.13. The van der Waals surface area contributed by atoms with Crippen LogP contribution in [0, 0.1) is 5.92 Å². The highest BCUT2D eigenvalue weighted by atomic mass is 16.5. The summed E-state index contributed by atoms with van der Waals surface area (Å²) < 4.78 is 5.81. The molecule has 0 N–H and O–H groups in total. The molecule has 4 rings (SSSR count). The summed E-state index contributed by atoms with van der Waals surface area (Å²) in [6, 6.07) is 17.7. The summed E-state index contributed by atoms with van der Waals surface area (Å²) >= 11 is 0. The molecule has 4 heteroatoms. The van der Waals surface area contributed by atoms with Crippen LogP contribution in [0.1, 0.15) is 44.1 Å². The molecule has 2 aromatic carbocycles. The molecule has 0 atom stereocenters. The maximum absolute atomic E-state index is 12.4. The molecule has 1 saturated carbocycles. The van der Waals surface area contributed by atoms with Crippen molar-refractivity contribution < 1.29 is 9.53 Å². The molecule has 0 saturated heterocycles. The van der Waals surface area contributed by atoms with Gasteiger partial charge in [-0.25, -0.2) is 5.01 Å². The van der Waals surface area contributed by atoms with Crippen molar-refractivity contribution in [3.63, 3.8) is 0 Å². The first-order valence-electron chi connectivity index (χ1n) is 9.47. The molecule has 0 bridgehead atoms. The van der Waals surface area contributed by atoms with Crippen LogP contribution >= 0.6 is 0 Å². The second-order valence-corrected chi connectivity index (χ2v) is 7.08. The molecule has 2 aliphatic rings. The van der Waals surface area contributed by atoms with Crippen LogP contribution in [0.4, 0.5) is 5.69 Å². The number of ether oxygens (including phenoxy) is 1. The van der Waals surface area contributed by atoms with Gasteiger partial charge in [-0.3, -0.25) is 4.79 Å². The number of anilines is 1. The first kappa shape index (κ1) is 16.8. The monoisotopic (exact) mass is 348 g/mol. The van der Waals surface area contributed by atoms with E-state index in [-0.39, 0.29) is 5.91 Å². The zero-order valence-electron chi connectivity index (χ0n) is 14.9. The third-order valence-corrected chi connectivity index (χ3v) is 5.20. The Morgan fingerprint density at radius 3 is 2.42 bits per heavy atom. The van der Waals surface area contributed by atoms with Crippen molar-refractivity contribution in [2.75, 3.05) is 5.01 Å². The SMILES string of the molecule is O=C1CC(C2CCCCC2)=NN1c1ccc(OCc2ccccc2)cc1. The number of benzene rings is 2. The fourth-order valence-corrected chi connectivity index (χ4v) is 3.74. The van der Waals surface area contributed by atoms with Crippen molar-refractivity contribution in [1.82, 2.24) is 0 Å². The van der Waals surface area contributed by atoms with E-state index < -0.39 is 0 Å². The first-order chi connectivity index (χ1) is 12.8. The van der Waals surface area contributed by atoms with Crippen molar-refractivity contribution in [1.29, 1.82) is 0 Å². The summed E-state index contributed by atoms with van der Waals surface area (Å²) in [5.41, 5.74) is 3.01. The minimum absolute atomic E-state index is 0.0727. The van der Waals surface area contributed by atoms with Gasteiger partial charge in [0.05, 0.1) is 17.8 Å². The maximum atomic E-state index is 12.4. The predicted molar refractivity (Wildman–Crippen MR) is 103 cm³/mol. The number of hydrogen-bond donors (Lipinski definition) is 0. The average molecular weight is 348 g/mol. The Labute approximate surface area is 154 Å². The molecule has 1 aliphatic carbocycles. The molecule has 26 heavy (non-hydrogen) atoms. The zero-order valence-corrected chi connectivity index (χ0v) is 14.9. The van der Waals surface area contributed by atoms with Gasteiger partial charge in [0.25, 0.3) is 5.91 Å². The normalized spacial score (nSPS) is 18.1. The molecule has 0 unspecified atom stereocenters. The highest BCUT2D eigenvalue weighted by Crippen LogP contribution is 2.31. The van der Waals surface area contributed by atoms with Gasteiger partial charge in [0, 0.05) is 0 Å². The van der Waals surface area contributed by atoms with E-state index in [1.807, 2.05) is 54.6 Å². The third kappa shape index (κ3) is 3.79. The highest BCUT2D eigenvalue weighted by Gasteiger charge is 2.30. The minimum atomic E-state index is 0.0727. The number of hydrogen-bond acceptors (Lipinski definition) is 3. The fraction of sp³-hybridized carbons (Fsp3) is 0.364. The average Bonchev–Trinajstić information content (AvgIpc) is 3.10. The van der Waals surface area contributed by atoms with Crippen LogP contribution in [0.15, 0.2) is 59.7 Å². The summed E-state index contributed by atoms with van der Waals surface area (Å²) in [5, 5.41) is 6.21. The van der Waals surface area contributed by atoms with Crippen LogP contribution in [-0.4, -0.2) is 11.6 Å². The van der Waals surface area contributed by atoms with Gasteiger partial charge < -0.3 is 4.74 Å². The van der Waals surface area contributed by atoms with Crippen LogP contribution in [0.25, 0.3) is 0 Å². The summed E-state index contributed by atoms with van der Waals surface area (Å²) in [4.78, 5) is 12.4. The Morgan fingerprint density at radius 2 is 1.69 bits per heavy atom. The molecule has 0 radical (unpaired) electrons. The fourth-order valence-electron chi connectivity index (χ4n) is 3.74. The molecule has 4 nitrogen and oxygen atoms in total. The lowest BCUT2D eigenvalue weighted by Gasteiger charge is -2.20. The van der Waals surface area contributed by atoms with Crippen LogP contribution in [0.5, 0.6) is 5.75 Å². The second kappa shape index (κ2) is 7.73. The van der Waals surface area contributed by atoms with Gasteiger partial charge in [0.2, 0.25) is 0 Å². The molecular weight excluding hydrogens is 324 g/mol. The lowest BCUT2D eigenvalue weighted by molar-refractivity contribution is -0.116. The summed E-state index contributed by atoms with van der Waals surface area (Å²) in [7, 11) is 0. The molecule has 1 fully saturated rings. The molecule has 134 valence electrons. The van der Waals surface area contributed by atoms with Crippen molar-refractivity contribution in [2.45, 2.75) is 45.1 Å². The van der Waals surface area contributed by atoms with Crippen molar-refractivity contribution >= 4 is 17.3 Å². The van der Waals surface area contributed by atoms with E-state index in [9.17, 15) is 4.79 Å². The Balaban J connectivity index is 1.41. The van der Waals surface area contributed by atoms with Gasteiger partial charge in [-0.1, -0.05) is 49.6 Å². The number of amides is 1. The van der Waals surface area contributed by atoms with E-state index in [4.69, 9.17) is 4.74 Å². The van der Waals surface area contributed by atoms with Gasteiger partial charge in [-0.2, -0.15) is 5.10 Å². The Kier molecular flexibility index (Phi) is 5.00. The van der Waals surface area contributed by atoms with Gasteiger partial charge >= 0.3 is 0 Å². The van der Waals surface area contributed by atoms with E-state index in [0.717, 1.165) is 22.7 Å². The van der Waals surface area contributed by atoms with Crippen molar-refractivity contribution in [3.05, 3.63) is 60.2 Å². The quantitative estimate of drug-likeness (QED) is 0.768. The summed E-state index contributed by atoms with van der Waals surface area (Å²) in [6.07, 6.45) is 6.64. The van der Waals surface area contributed by atoms with Crippen LogP contribution < -0.4 is 9.75 Å². The van der Waals surface area contributed by atoms with Crippen LogP contribution in [-0.2, 0) is 11.4 Å². The molecule has 1 heterocycles. The van der Waals surface area contributed by atoms with Gasteiger partial charge in [0.15, 0.2) is 0 Å². The van der Waals surface area contributed by atoms with E-state index in [1.165, 1.54) is 32.1 Å². The number of carbonyl (C=O) groups is 1. The number of nitrogens with zero attached hydrogens (tertiary/aromatic N) is 2. The molecule has 0 aromatic heterocycles. The van der Waals surface area contributed by atoms with E-state index in [2.05, 4.69) is 5.10 Å². The Bertz CT molecular complexity index is 778. The van der Waals surface area contributed by atoms with Gasteiger partial charge in [0.1, 0.15) is 12.4 Å². The van der Waals surface area contributed by atoms with Crippen LogP contribution in [0.2, 0.25) is 0 Å². The second-order valence-electron chi connectivity index (χ2n) is 7.08.